The molecule has 1 amide bonds. The lowest BCUT2D eigenvalue weighted by Gasteiger charge is -2.26. The second-order valence-corrected chi connectivity index (χ2v) is 7.68. The Bertz CT molecular complexity index is 965. The van der Waals surface area contributed by atoms with Gasteiger partial charge in [-0.2, -0.15) is 0 Å². The summed E-state index contributed by atoms with van der Waals surface area (Å²) in [5.41, 5.74) is 1.36. The van der Waals surface area contributed by atoms with Crippen LogP contribution in [0.2, 0.25) is 0 Å². The number of hydrogen-bond donors (Lipinski definition) is 1. The first-order chi connectivity index (χ1) is 14.9. The number of benzene rings is 2. The van der Waals surface area contributed by atoms with Gasteiger partial charge in [0, 0.05) is 12.1 Å². The fourth-order valence-corrected chi connectivity index (χ4v) is 3.67. The van der Waals surface area contributed by atoms with Gasteiger partial charge in [0.1, 0.15) is 18.1 Å². The number of ketones is 1. The molecule has 1 saturated heterocycles. The van der Waals surface area contributed by atoms with Gasteiger partial charge in [-0.3, -0.25) is 9.59 Å². The zero-order chi connectivity index (χ0) is 22.4. The van der Waals surface area contributed by atoms with Gasteiger partial charge in [0.05, 0.1) is 11.6 Å². The Morgan fingerprint density at radius 3 is 2.42 bits per heavy atom. The van der Waals surface area contributed by atoms with Gasteiger partial charge in [-0.05, 0) is 56.9 Å². The Balaban J connectivity index is 2.00. The van der Waals surface area contributed by atoms with Crippen LogP contribution in [0.25, 0.3) is 5.76 Å². The number of ether oxygens (including phenoxy) is 1. The second kappa shape index (κ2) is 10.1. The number of nitrogens with zero attached hydrogens (tertiary/aromatic N) is 2. The molecule has 1 atom stereocenters. The van der Waals surface area contributed by atoms with Gasteiger partial charge < -0.3 is 19.6 Å². The third-order valence-corrected chi connectivity index (χ3v) is 5.16. The van der Waals surface area contributed by atoms with E-state index in [1.54, 1.807) is 35.2 Å². The van der Waals surface area contributed by atoms with E-state index in [4.69, 9.17) is 4.74 Å². The van der Waals surface area contributed by atoms with E-state index >= 15 is 0 Å². The lowest BCUT2D eigenvalue weighted by atomic mass is 9.95. The van der Waals surface area contributed by atoms with Crippen molar-refractivity contribution in [1.82, 2.24) is 9.80 Å². The van der Waals surface area contributed by atoms with E-state index in [2.05, 4.69) is 6.58 Å². The molecule has 1 N–H and O–H groups in total. The number of amides is 1. The highest BCUT2D eigenvalue weighted by atomic mass is 16.5. The highest BCUT2D eigenvalue weighted by molar-refractivity contribution is 6.46. The van der Waals surface area contributed by atoms with Gasteiger partial charge in [-0.15, -0.1) is 0 Å². The molecule has 0 saturated carbocycles. The van der Waals surface area contributed by atoms with E-state index in [0.717, 1.165) is 18.5 Å². The van der Waals surface area contributed by atoms with Crippen molar-refractivity contribution in [3.05, 3.63) is 84.0 Å². The van der Waals surface area contributed by atoms with Crippen LogP contribution in [0.1, 0.15) is 23.6 Å². The maximum atomic E-state index is 13.0. The Morgan fingerprint density at radius 1 is 1.13 bits per heavy atom. The summed E-state index contributed by atoms with van der Waals surface area (Å²) in [4.78, 5) is 29.4. The minimum absolute atomic E-state index is 0.112. The largest absolute Gasteiger partial charge is 0.507 e. The molecule has 3 rings (SSSR count). The van der Waals surface area contributed by atoms with E-state index in [1.165, 1.54) is 0 Å². The minimum atomic E-state index is -0.664. The highest BCUT2D eigenvalue weighted by Gasteiger charge is 2.45. The average molecular weight is 421 g/mol. The van der Waals surface area contributed by atoms with Gasteiger partial charge in [0.25, 0.3) is 11.7 Å². The van der Waals surface area contributed by atoms with Gasteiger partial charge in [-0.25, -0.2) is 0 Å². The number of aliphatic hydroxyl groups is 1. The van der Waals surface area contributed by atoms with Crippen LogP contribution in [0.15, 0.2) is 72.8 Å². The van der Waals surface area contributed by atoms with Gasteiger partial charge >= 0.3 is 0 Å². The summed E-state index contributed by atoms with van der Waals surface area (Å²) in [6, 6.07) is 15.5. The molecule has 162 valence electrons. The third kappa shape index (κ3) is 5.03. The van der Waals surface area contributed by atoms with Crippen molar-refractivity contribution < 1.29 is 19.4 Å². The van der Waals surface area contributed by atoms with Crippen molar-refractivity contribution in [1.29, 1.82) is 0 Å². The lowest BCUT2D eigenvalue weighted by molar-refractivity contribution is -0.139. The molecular formula is C25H28N2O4. The zero-order valence-corrected chi connectivity index (χ0v) is 18.0. The molecule has 0 aromatic heterocycles. The van der Waals surface area contributed by atoms with Crippen molar-refractivity contribution in [3.63, 3.8) is 0 Å². The first-order valence-electron chi connectivity index (χ1n) is 10.3. The van der Waals surface area contributed by atoms with Crippen LogP contribution in [-0.4, -0.2) is 60.4 Å². The molecule has 1 heterocycles. The van der Waals surface area contributed by atoms with Crippen molar-refractivity contribution in [2.75, 3.05) is 33.8 Å². The van der Waals surface area contributed by atoms with E-state index < -0.39 is 17.7 Å². The molecule has 0 spiro atoms. The lowest BCUT2D eigenvalue weighted by Crippen LogP contribution is -2.32. The minimum Gasteiger partial charge on any atom is -0.507 e. The Labute approximate surface area is 183 Å². The summed E-state index contributed by atoms with van der Waals surface area (Å²) in [6.45, 7) is 5.20. The molecule has 31 heavy (non-hydrogen) atoms. The number of Topliss-reactive ketones (excluding diaryl/α,β-unsaturated/α-hetero) is 1. The average Bonchev–Trinajstić information content (AvgIpc) is 3.03. The van der Waals surface area contributed by atoms with Gasteiger partial charge in [0.15, 0.2) is 0 Å². The number of likely N-dealkylation sites (tertiary alicyclic amines) is 1. The molecule has 1 fully saturated rings. The molecule has 0 radical (unpaired) electrons. The SMILES string of the molecule is C=CCOc1ccc(/C(O)=C2\C(=O)C(=O)N(CCCN(C)C)[C@H]2c2ccccc2)cc1. The van der Waals surface area contributed by atoms with E-state index in [0.29, 0.717) is 24.5 Å². The van der Waals surface area contributed by atoms with Crippen molar-refractivity contribution >= 4 is 17.4 Å². The monoisotopic (exact) mass is 420 g/mol. The molecule has 6 heteroatoms. The first-order valence-corrected chi connectivity index (χ1v) is 10.3. The number of carbonyl (C=O) groups excluding carboxylic acids is 2. The number of rotatable bonds is 9. The van der Waals surface area contributed by atoms with E-state index in [-0.39, 0.29) is 11.3 Å². The fraction of sp³-hybridized carbons (Fsp3) is 0.280. The Morgan fingerprint density at radius 2 is 1.81 bits per heavy atom. The molecule has 0 bridgehead atoms. The van der Waals surface area contributed by atoms with Crippen LogP contribution in [0.4, 0.5) is 0 Å². The molecule has 6 nitrogen and oxygen atoms in total. The molecule has 0 aliphatic carbocycles. The summed E-state index contributed by atoms with van der Waals surface area (Å²) >= 11 is 0. The molecule has 0 unspecified atom stereocenters. The Kier molecular flexibility index (Phi) is 7.26. The van der Waals surface area contributed by atoms with Crippen LogP contribution >= 0.6 is 0 Å². The predicted octanol–water partition coefficient (Wildman–Crippen LogP) is 3.62. The summed E-state index contributed by atoms with van der Waals surface area (Å²) in [5.74, 6) is -0.805. The van der Waals surface area contributed by atoms with Crippen LogP contribution in [0.5, 0.6) is 5.75 Å². The molecule has 2 aromatic rings. The van der Waals surface area contributed by atoms with Crippen LogP contribution in [0.3, 0.4) is 0 Å². The van der Waals surface area contributed by atoms with Gasteiger partial charge in [-0.1, -0.05) is 43.0 Å². The summed E-state index contributed by atoms with van der Waals surface area (Å²) in [5, 5.41) is 11.1. The van der Waals surface area contributed by atoms with E-state index in [9.17, 15) is 14.7 Å². The van der Waals surface area contributed by atoms with Crippen LogP contribution < -0.4 is 4.74 Å². The Hall–Kier alpha value is -3.38. The predicted molar refractivity (Wildman–Crippen MR) is 121 cm³/mol. The molecule has 2 aromatic carbocycles. The first kappa shape index (κ1) is 22.3. The van der Waals surface area contributed by atoms with Crippen molar-refractivity contribution in [2.45, 2.75) is 12.5 Å². The zero-order valence-electron chi connectivity index (χ0n) is 18.0. The normalized spacial score (nSPS) is 17.9. The van der Waals surface area contributed by atoms with E-state index in [1.807, 2.05) is 49.3 Å². The molecule has 1 aliphatic rings. The maximum absolute atomic E-state index is 13.0. The fourth-order valence-electron chi connectivity index (χ4n) is 3.67. The summed E-state index contributed by atoms with van der Waals surface area (Å²) in [6.07, 6.45) is 2.37. The number of hydrogen-bond acceptors (Lipinski definition) is 5. The topological polar surface area (TPSA) is 70.1 Å². The van der Waals surface area contributed by atoms with Crippen LogP contribution in [0, 0.1) is 0 Å². The number of carbonyl (C=O) groups is 2. The highest BCUT2D eigenvalue weighted by Crippen LogP contribution is 2.39. The maximum Gasteiger partial charge on any atom is 0.295 e. The van der Waals surface area contributed by atoms with Gasteiger partial charge in [0.2, 0.25) is 0 Å². The summed E-state index contributed by atoms with van der Waals surface area (Å²) < 4.78 is 5.48. The molecular weight excluding hydrogens is 392 g/mol. The standard InChI is InChI=1S/C25H28N2O4/c1-4-17-31-20-13-11-19(12-14-20)23(28)21-22(18-9-6-5-7-10-18)27(25(30)24(21)29)16-8-15-26(2)3/h4-7,9-14,22,28H,1,8,15-17H2,2-3H3/b23-21+/t22-/m0/s1. The third-order valence-electron chi connectivity index (χ3n) is 5.16. The van der Waals surface area contributed by atoms with Crippen LogP contribution in [-0.2, 0) is 9.59 Å². The number of aliphatic hydroxyl groups excluding tert-OH is 1. The molecule has 1 aliphatic heterocycles. The second-order valence-electron chi connectivity index (χ2n) is 7.68. The van der Waals surface area contributed by atoms with Crippen molar-refractivity contribution in [3.8, 4) is 5.75 Å². The quantitative estimate of drug-likeness (QED) is 0.290. The summed E-state index contributed by atoms with van der Waals surface area (Å²) in [7, 11) is 3.93. The van der Waals surface area contributed by atoms with Crippen molar-refractivity contribution in [2.24, 2.45) is 0 Å². The smallest absolute Gasteiger partial charge is 0.295 e.